The molecule has 2 aromatic heterocycles. The van der Waals surface area contributed by atoms with Gasteiger partial charge < -0.3 is 0 Å². The number of nitrogens with zero attached hydrogens (tertiary/aromatic N) is 3. The highest BCUT2D eigenvalue weighted by Crippen LogP contribution is 2.22. The van der Waals surface area contributed by atoms with Crippen LogP contribution in [0.1, 0.15) is 12.5 Å². The molecule has 2 rings (SSSR count). The molecule has 2 heterocycles. The van der Waals surface area contributed by atoms with E-state index in [4.69, 9.17) is 11.6 Å². The molecule has 3 nitrogen and oxygen atoms in total. The molecule has 0 saturated heterocycles. The SMILES string of the molecule is CCn1cc(CCl)c(-c2cccnc2)n1. The smallest absolute Gasteiger partial charge is 0.0982 e. The van der Waals surface area contributed by atoms with Gasteiger partial charge in [-0.05, 0) is 19.1 Å². The topological polar surface area (TPSA) is 30.7 Å². The molecule has 0 atom stereocenters. The van der Waals surface area contributed by atoms with Gasteiger partial charge in [0.1, 0.15) is 0 Å². The Bertz CT molecular complexity index is 436. The van der Waals surface area contributed by atoms with Crippen LogP contribution in [0.3, 0.4) is 0 Å². The number of pyridine rings is 1. The van der Waals surface area contributed by atoms with Crippen molar-refractivity contribution in [2.75, 3.05) is 0 Å². The molecule has 0 unspecified atom stereocenters. The van der Waals surface area contributed by atoms with Crippen molar-refractivity contribution in [3.63, 3.8) is 0 Å². The normalized spacial score (nSPS) is 10.5. The van der Waals surface area contributed by atoms with Gasteiger partial charge >= 0.3 is 0 Å². The van der Waals surface area contributed by atoms with Crippen molar-refractivity contribution < 1.29 is 0 Å². The van der Waals surface area contributed by atoms with E-state index in [1.54, 1.807) is 12.4 Å². The third kappa shape index (κ3) is 2.02. The summed E-state index contributed by atoms with van der Waals surface area (Å²) < 4.78 is 1.89. The average molecular weight is 222 g/mol. The highest BCUT2D eigenvalue weighted by molar-refractivity contribution is 6.17. The van der Waals surface area contributed by atoms with Crippen LogP contribution < -0.4 is 0 Å². The van der Waals surface area contributed by atoms with Crippen LogP contribution in [0.5, 0.6) is 0 Å². The van der Waals surface area contributed by atoms with Crippen LogP contribution in [-0.2, 0) is 12.4 Å². The summed E-state index contributed by atoms with van der Waals surface area (Å²) in [4.78, 5) is 4.08. The highest BCUT2D eigenvalue weighted by Gasteiger charge is 2.09. The molecule has 0 aliphatic rings. The van der Waals surface area contributed by atoms with E-state index < -0.39 is 0 Å². The van der Waals surface area contributed by atoms with Crippen LogP contribution in [0.25, 0.3) is 11.3 Å². The fourth-order valence-corrected chi connectivity index (χ4v) is 1.66. The maximum Gasteiger partial charge on any atom is 0.0982 e. The number of rotatable bonds is 3. The second-order valence-electron chi connectivity index (χ2n) is 3.23. The summed E-state index contributed by atoms with van der Waals surface area (Å²) in [5.41, 5.74) is 2.99. The number of halogens is 1. The summed E-state index contributed by atoms with van der Waals surface area (Å²) in [6.45, 7) is 2.90. The van der Waals surface area contributed by atoms with Gasteiger partial charge in [-0.3, -0.25) is 9.67 Å². The van der Waals surface area contributed by atoms with E-state index >= 15 is 0 Å². The first-order valence-corrected chi connectivity index (χ1v) is 5.41. The van der Waals surface area contributed by atoms with Gasteiger partial charge in [-0.1, -0.05) is 0 Å². The predicted molar refractivity (Wildman–Crippen MR) is 60.7 cm³/mol. The van der Waals surface area contributed by atoms with Crippen LogP contribution in [0.15, 0.2) is 30.7 Å². The van der Waals surface area contributed by atoms with E-state index in [9.17, 15) is 0 Å². The van der Waals surface area contributed by atoms with Crippen molar-refractivity contribution in [1.82, 2.24) is 14.8 Å². The summed E-state index contributed by atoms with van der Waals surface area (Å²) in [5.74, 6) is 0.476. The van der Waals surface area contributed by atoms with Crippen molar-refractivity contribution >= 4 is 11.6 Å². The zero-order chi connectivity index (χ0) is 10.7. The molecule has 0 aromatic carbocycles. The highest BCUT2D eigenvalue weighted by atomic mass is 35.5. The van der Waals surface area contributed by atoms with E-state index in [1.165, 1.54) is 0 Å². The third-order valence-electron chi connectivity index (χ3n) is 2.24. The molecule has 0 aliphatic heterocycles. The minimum absolute atomic E-state index is 0.476. The monoisotopic (exact) mass is 221 g/mol. The summed E-state index contributed by atoms with van der Waals surface area (Å²) in [7, 11) is 0. The fraction of sp³-hybridized carbons (Fsp3) is 0.273. The minimum Gasteiger partial charge on any atom is -0.272 e. The van der Waals surface area contributed by atoms with Gasteiger partial charge in [-0.25, -0.2) is 0 Å². The van der Waals surface area contributed by atoms with Crippen molar-refractivity contribution in [1.29, 1.82) is 0 Å². The molecule has 0 amide bonds. The van der Waals surface area contributed by atoms with Gasteiger partial charge in [-0.2, -0.15) is 5.10 Å². The summed E-state index contributed by atoms with van der Waals surface area (Å²) >= 11 is 5.88. The maximum absolute atomic E-state index is 5.88. The molecule has 0 spiro atoms. The van der Waals surface area contributed by atoms with Crippen molar-refractivity contribution in [2.24, 2.45) is 0 Å². The second kappa shape index (κ2) is 4.45. The van der Waals surface area contributed by atoms with Gasteiger partial charge in [0.15, 0.2) is 0 Å². The van der Waals surface area contributed by atoms with Gasteiger partial charge in [0.2, 0.25) is 0 Å². The zero-order valence-electron chi connectivity index (χ0n) is 8.52. The van der Waals surface area contributed by atoms with E-state index in [0.717, 1.165) is 23.4 Å². The first-order valence-electron chi connectivity index (χ1n) is 4.88. The molecular weight excluding hydrogens is 210 g/mol. The lowest BCUT2D eigenvalue weighted by atomic mass is 10.1. The van der Waals surface area contributed by atoms with Crippen molar-refractivity contribution in [3.8, 4) is 11.3 Å². The van der Waals surface area contributed by atoms with Crippen LogP contribution in [0, 0.1) is 0 Å². The van der Waals surface area contributed by atoms with Crippen molar-refractivity contribution in [2.45, 2.75) is 19.3 Å². The number of hydrogen-bond donors (Lipinski definition) is 0. The Morgan fingerprint density at radius 1 is 1.47 bits per heavy atom. The zero-order valence-corrected chi connectivity index (χ0v) is 9.28. The molecule has 2 aromatic rings. The van der Waals surface area contributed by atoms with E-state index in [2.05, 4.69) is 17.0 Å². The number of hydrogen-bond acceptors (Lipinski definition) is 2. The Labute approximate surface area is 93.7 Å². The predicted octanol–water partition coefficient (Wildman–Crippen LogP) is 2.70. The summed E-state index contributed by atoms with van der Waals surface area (Å²) in [5, 5.41) is 4.46. The largest absolute Gasteiger partial charge is 0.272 e. The third-order valence-corrected chi connectivity index (χ3v) is 2.53. The second-order valence-corrected chi connectivity index (χ2v) is 3.50. The molecule has 4 heteroatoms. The van der Waals surface area contributed by atoms with Gasteiger partial charge in [0, 0.05) is 36.3 Å². The minimum atomic E-state index is 0.476. The fourth-order valence-electron chi connectivity index (χ4n) is 1.47. The molecule has 0 radical (unpaired) electrons. The van der Waals surface area contributed by atoms with Crippen molar-refractivity contribution in [3.05, 3.63) is 36.3 Å². The van der Waals surface area contributed by atoms with Crippen LogP contribution in [0.4, 0.5) is 0 Å². The van der Waals surface area contributed by atoms with E-state index in [0.29, 0.717) is 5.88 Å². The first-order chi connectivity index (χ1) is 7.35. The quantitative estimate of drug-likeness (QED) is 0.747. The first kappa shape index (κ1) is 10.2. The summed E-state index contributed by atoms with van der Waals surface area (Å²) in [6.07, 6.45) is 5.54. The molecular formula is C11H12ClN3. The molecule has 0 saturated carbocycles. The lowest BCUT2D eigenvalue weighted by Gasteiger charge is -1.97. The molecule has 0 fully saturated rings. The van der Waals surface area contributed by atoms with Crippen LogP contribution in [-0.4, -0.2) is 14.8 Å². The maximum atomic E-state index is 5.88. The van der Waals surface area contributed by atoms with Gasteiger partial charge in [0.05, 0.1) is 11.6 Å². The van der Waals surface area contributed by atoms with E-state index in [-0.39, 0.29) is 0 Å². The number of aryl methyl sites for hydroxylation is 1. The standard InChI is InChI=1S/C11H12ClN3/c1-2-15-8-10(6-12)11(14-15)9-4-3-5-13-7-9/h3-5,7-8H,2,6H2,1H3. The lowest BCUT2D eigenvalue weighted by molar-refractivity contribution is 0.661. The average Bonchev–Trinajstić information content (AvgIpc) is 2.73. The molecule has 0 aliphatic carbocycles. The Kier molecular flexibility index (Phi) is 3.02. The summed E-state index contributed by atoms with van der Waals surface area (Å²) in [6, 6.07) is 3.89. The van der Waals surface area contributed by atoms with Crippen LogP contribution in [0.2, 0.25) is 0 Å². The molecule has 15 heavy (non-hydrogen) atoms. The number of aromatic nitrogens is 3. The Hall–Kier alpha value is -1.35. The van der Waals surface area contributed by atoms with Gasteiger partial charge in [-0.15, -0.1) is 11.6 Å². The lowest BCUT2D eigenvalue weighted by Crippen LogP contribution is -1.93. The van der Waals surface area contributed by atoms with E-state index in [1.807, 2.05) is 23.0 Å². The Morgan fingerprint density at radius 2 is 2.33 bits per heavy atom. The Balaban J connectivity index is 2.47. The molecule has 78 valence electrons. The number of alkyl halides is 1. The Morgan fingerprint density at radius 3 is 2.93 bits per heavy atom. The molecule has 0 bridgehead atoms. The van der Waals surface area contributed by atoms with Crippen LogP contribution >= 0.6 is 11.6 Å². The molecule has 0 N–H and O–H groups in total. The van der Waals surface area contributed by atoms with Gasteiger partial charge in [0.25, 0.3) is 0 Å².